The number of fused-ring (bicyclic) bond motifs is 3. The van der Waals surface area contributed by atoms with Crippen molar-refractivity contribution in [2.45, 2.75) is 146 Å². The molecule has 2 saturated carbocycles. The number of aliphatic hydroxyl groups excluding tert-OH is 4. The Hall–Kier alpha value is 0.940. The molecule has 22 atom stereocenters. The fraction of sp³-hybridized carbons (Fsp3) is 1.00. The van der Waals surface area contributed by atoms with Gasteiger partial charge in [0.25, 0.3) is 0 Å². The van der Waals surface area contributed by atoms with Crippen molar-refractivity contribution in [3.8, 4) is 0 Å². The Morgan fingerprint density at radius 2 is 1.52 bits per heavy atom. The van der Waals surface area contributed by atoms with Gasteiger partial charge in [0.2, 0.25) is 22.0 Å². The van der Waals surface area contributed by atoms with Crippen molar-refractivity contribution in [2.24, 2.45) is 29.6 Å². The molecule has 356 valence electrons. The lowest BCUT2D eigenvalue weighted by atomic mass is 9.87. The first-order chi connectivity index (χ1) is 28.0. The van der Waals surface area contributed by atoms with Crippen LogP contribution in [0.5, 0.6) is 0 Å². The van der Waals surface area contributed by atoms with E-state index in [9.17, 15) is 36.7 Å². The molecular formula is C33H65O21P4S2-. The smallest absolute Gasteiger partial charge is 0.400 e. The zero-order valence-electron chi connectivity index (χ0n) is 34.7. The van der Waals surface area contributed by atoms with Crippen LogP contribution in [-0.2, 0) is 75.1 Å². The highest BCUT2D eigenvalue weighted by atomic mass is 32.3. The fourth-order valence-corrected chi connectivity index (χ4v) is 10.9. The van der Waals surface area contributed by atoms with Gasteiger partial charge in [-0.25, -0.2) is 16.8 Å². The molecule has 5 rings (SSSR count). The van der Waals surface area contributed by atoms with Crippen molar-refractivity contribution < 1.29 is 96.1 Å². The van der Waals surface area contributed by atoms with E-state index >= 15 is 0 Å². The molecule has 4 N–H and O–H groups in total. The largest absolute Gasteiger partial charge is 0.726 e. The monoisotopic (exact) mass is 985 g/mol. The van der Waals surface area contributed by atoms with E-state index in [0.717, 1.165) is 17.8 Å². The molecule has 3 heterocycles. The Morgan fingerprint density at radius 1 is 0.900 bits per heavy atom. The molecule has 5 aliphatic rings. The summed E-state index contributed by atoms with van der Waals surface area (Å²) in [6.07, 6.45) is -7.72. The van der Waals surface area contributed by atoms with Gasteiger partial charge in [-0.05, 0) is 56.8 Å². The van der Waals surface area contributed by atoms with Crippen LogP contribution in [0.15, 0.2) is 0 Å². The third kappa shape index (κ3) is 13.8. The summed E-state index contributed by atoms with van der Waals surface area (Å²) in [5, 5.41) is 38.9. The summed E-state index contributed by atoms with van der Waals surface area (Å²) >= 11 is 0. The molecule has 27 heteroatoms. The maximum atomic E-state index is 11.7. The number of rotatable bonds is 16. The van der Waals surface area contributed by atoms with Crippen LogP contribution in [0.1, 0.15) is 66.7 Å². The molecule has 3 saturated heterocycles. The maximum Gasteiger partial charge on any atom is 0.400 e. The van der Waals surface area contributed by atoms with Crippen LogP contribution in [0.3, 0.4) is 0 Å². The number of hydrogen-bond donors (Lipinski definition) is 4. The normalized spacial score (nSPS) is 40.7. The van der Waals surface area contributed by atoms with Crippen molar-refractivity contribution >= 4 is 58.7 Å². The highest BCUT2D eigenvalue weighted by molar-refractivity contribution is 7.82. The van der Waals surface area contributed by atoms with Crippen LogP contribution in [0.25, 0.3) is 0 Å². The zero-order valence-corrected chi connectivity index (χ0v) is 41.0. The van der Waals surface area contributed by atoms with E-state index in [-0.39, 0.29) is 37.6 Å². The van der Waals surface area contributed by atoms with E-state index in [2.05, 4.69) is 67.0 Å². The van der Waals surface area contributed by atoms with Gasteiger partial charge in [-0.15, -0.1) is 0 Å². The zero-order chi connectivity index (χ0) is 45.4. The van der Waals surface area contributed by atoms with Gasteiger partial charge in [-0.2, -0.15) is 8.42 Å². The van der Waals surface area contributed by atoms with Crippen molar-refractivity contribution in [1.29, 1.82) is 0 Å². The van der Waals surface area contributed by atoms with Gasteiger partial charge in [-0.1, -0.05) is 33.6 Å². The summed E-state index contributed by atoms with van der Waals surface area (Å²) in [7, 11) is 1.88. The quantitative estimate of drug-likeness (QED) is 0.0948. The molecular weight excluding hydrogens is 920 g/mol. The van der Waals surface area contributed by atoms with Crippen molar-refractivity contribution in [1.82, 2.24) is 0 Å². The molecule has 0 spiro atoms. The molecule has 0 aromatic heterocycles. The van der Waals surface area contributed by atoms with E-state index in [0.29, 0.717) is 6.42 Å². The SMILES string of the molecule is CCC1CCC(C)C1C.COC1(C)OC2C(OP)OC3COS(=O)(=O)OC3C2OC1(C)OC.O=S(=O)([O-])OC(C(O)CC1CC(OP)C(OP)C1COP)C(O)C(O)CO. The van der Waals surface area contributed by atoms with Crippen LogP contribution in [0.4, 0.5) is 0 Å². The Morgan fingerprint density at radius 3 is 1.97 bits per heavy atom. The topological polar surface area (TPSA) is 283 Å². The second-order valence-corrected chi connectivity index (χ2v) is 19.2. The summed E-state index contributed by atoms with van der Waals surface area (Å²) in [5.41, 5.74) is 0. The van der Waals surface area contributed by atoms with Crippen molar-refractivity contribution in [2.75, 3.05) is 34.0 Å². The molecule has 22 unspecified atom stereocenters. The third-order valence-electron chi connectivity index (χ3n) is 12.4. The van der Waals surface area contributed by atoms with Gasteiger partial charge < -0.3 is 66.8 Å². The minimum Gasteiger partial charge on any atom is -0.726 e. The molecule has 2 aliphatic carbocycles. The second-order valence-electron chi connectivity index (χ2n) is 15.8. The minimum atomic E-state index is -5.29. The second kappa shape index (κ2) is 24.1. The highest BCUT2D eigenvalue weighted by Gasteiger charge is 2.64. The molecule has 0 aromatic carbocycles. The van der Waals surface area contributed by atoms with Crippen molar-refractivity contribution in [3.63, 3.8) is 0 Å². The van der Waals surface area contributed by atoms with Crippen LogP contribution in [-0.4, -0.2) is 155 Å². The Bertz CT molecular complexity index is 1530. The van der Waals surface area contributed by atoms with E-state index < -0.39 is 100 Å². The lowest BCUT2D eigenvalue weighted by molar-refractivity contribution is -0.480. The van der Waals surface area contributed by atoms with E-state index in [1.54, 1.807) is 13.8 Å². The summed E-state index contributed by atoms with van der Waals surface area (Å²) in [6, 6.07) is 0. The first-order valence-electron chi connectivity index (χ1n) is 19.4. The Labute approximate surface area is 362 Å². The predicted octanol–water partition coefficient (Wildman–Crippen LogP) is 0.856. The lowest BCUT2D eigenvalue weighted by Gasteiger charge is -2.57. The molecule has 3 aliphatic heterocycles. The molecule has 0 amide bonds. The summed E-state index contributed by atoms with van der Waals surface area (Å²) in [5.74, 6) is -0.142. The van der Waals surface area contributed by atoms with Crippen LogP contribution in [0.2, 0.25) is 0 Å². The summed E-state index contributed by atoms with van der Waals surface area (Å²) in [4.78, 5) is 0. The number of aliphatic hydroxyl groups is 4. The van der Waals surface area contributed by atoms with Crippen LogP contribution >= 0.6 is 37.9 Å². The van der Waals surface area contributed by atoms with Gasteiger partial charge in [-0.3, -0.25) is 4.18 Å². The predicted molar refractivity (Wildman–Crippen MR) is 222 cm³/mol. The molecule has 0 aromatic rings. The lowest BCUT2D eigenvalue weighted by Crippen LogP contribution is -2.73. The van der Waals surface area contributed by atoms with E-state index in [1.807, 2.05) is 0 Å². The van der Waals surface area contributed by atoms with Gasteiger partial charge >= 0.3 is 10.4 Å². The first kappa shape index (κ1) is 55.3. The summed E-state index contributed by atoms with van der Waals surface area (Å²) < 4.78 is 120. The van der Waals surface area contributed by atoms with E-state index in [4.69, 9.17) is 51.1 Å². The highest BCUT2D eigenvalue weighted by Crippen LogP contribution is 2.46. The summed E-state index contributed by atoms with van der Waals surface area (Å²) in [6.45, 7) is 9.47. The Balaban J connectivity index is 0.000000266. The average molecular weight is 986 g/mol. The van der Waals surface area contributed by atoms with Gasteiger partial charge in [0, 0.05) is 58.0 Å². The van der Waals surface area contributed by atoms with Crippen LogP contribution in [0, 0.1) is 29.6 Å². The van der Waals surface area contributed by atoms with Gasteiger partial charge in [0.05, 0.1) is 38.1 Å². The Kier molecular flexibility index (Phi) is 22.2. The van der Waals surface area contributed by atoms with Crippen molar-refractivity contribution in [3.05, 3.63) is 0 Å². The molecule has 5 fully saturated rings. The number of methoxy groups -OCH3 is 2. The van der Waals surface area contributed by atoms with Gasteiger partial charge in [0.15, 0.2) is 6.29 Å². The molecule has 0 bridgehead atoms. The third-order valence-corrected chi connectivity index (χ3v) is 14.9. The minimum absolute atomic E-state index is 0.108. The average Bonchev–Trinajstić information content (AvgIpc) is 3.72. The maximum absolute atomic E-state index is 11.7. The molecule has 60 heavy (non-hydrogen) atoms. The fourth-order valence-electron chi connectivity index (χ4n) is 8.40. The van der Waals surface area contributed by atoms with E-state index in [1.165, 1.54) is 33.5 Å². The standard InChI is InChI=1S/C12H27O11P3S.C12H21O10PS.C9H18/c13-3-8(15)10(16)12(23-27(17,18)19)7(14)1-5-2-9(21-25)11(22-26)6(5)4-20-24;1-11(15-3)12(2,16-4)20-9-8(19-11)7-6(18-10(9)21-23)5-17-24(13,14)22-7;1-4-9-6-5-7(2)8(9)3/h5-16H,1-4,24-26H2,(H,17,18,19);6-10H,5,23H2,1-4H3;7-9H,4-6H2,1-3H3/p-1. The van der Waals surface area contributed by atoms with Gasteiger partial charge in [0.1, 0.15) is 42.7 Å². The number of ether oxygens (including phenoxy) is 5. The molecule has 0 radical (unpaired) electrons. The molecule has 21 nitrogen and oxygen atoms in total. The number of hydrogen-bond acceptors (Lipinski definition) is 21. The van der Waals surface area contributed by atoms with Crippen LogP contribution < -0.4 is 0 Å². The first-order valence-corrected chi connectivity index (χ1v) is 23.9.